The first-order valence-electron chi connectivity index (χ1n) is 7.57. The summed E-state index contributed by atoms with van der Waals surface area (Å²) in [5, 5.41) is 0. The van der Waals surface area contributed by atoms with E-state index in [2.05, 4.69) is 4.90 Å². The Labute approximate surface area is 132 Å². The molecule has 6 heteroatoms. The SMILES string of the molecule is CC(=O)N1CCN(CCS(=O)(=O)c2cc(C)ccc2C)CC1. The number of hydrogen-bond acceptors (Lipinski definition) is 4. The van der Waals surface area contributed by atoms with E-state index in [0.29, 0.717) is 24.5 Å². The average Bonchev–Trinajstić information content (AvgIpc) is 2.48. The van der Waals surface area contributed by atoms with Gasteiger partial charge in [0.25, 0.3) is 0 Å². The quantitative estimate of drug-likeness (QED) is 0.836. The molecule has 1 aromatic carbocycles. The van der Waals surface area contributed by atoms with Crippen LogP contribution in [0.15, 0.2) is 23.1 Å². The second-order valence-electron chi connectivity index (χ2n) is 5.94. The molecule has 0 aromatic heterocycles. The Morgan fingerprint density at radius 2 is 1.77 bits per heavy atom. The predicted molar refractivity (Wildman–Crippen MR) is 86.7 cm³/mol. The van der Waals surface area contributed by atoms with Crippen LogP contribution in [0.1, 0.15) is 18.1 Å². The van der Waals surface area contributed by atoms with E-state index in [4.69, 9.17) is 0 Å². The number of nitrogens with zero attached hydrogens (tertiary/aromatic N) is 2. The first-order valence-corrected chi connectivity index (χ1v) is 9.23. The lowest BCUT2D eigenvalue weighted by Gasteiger charge is -2.34. The summed E-state index contributed by atoms with van der Waals surface area (Å²) in [7, 11) is -3.26. The van der Waals surface area contributed by atoms with Gasteiger partial charge in [0.15, 0.2) is 9.84 Å². The minimum absolute atomic E-state index is 0.0858. The van der Waals surface area contributed by atoms with Crippen molar-refractivity contribution in [1.82, 2.24) is 9.80 Å². The van der Waals surface area contributed by atoms with Gasteiger partial charge in [-0.2, -0.15) is 0 Å². The van der Waals surface area contributed by atoms with Gasteiger partial charge in [0.05, 0.1) is 10.6 Å². The van der Waals surface area contributed by atoms with Crippen LogP contribution >= 0.6 is 0 Å². The molecule has 1 saturated heterocycles. The van der Waals surface area contributed by atoms with Crippen LogP contribution in [0, 0.1) is 13.8 Å². The molecule has 1 heterocycles. The minimum atomic E-state index is -3.26. The summed E-state index contributed by atoms with van der Waals surface area (Å²) in [4.78, 5) is 15.6. The molecule has 1 aliphatic rings. The van der Waals surface area contributed by atoms with Crippen LogP contribution in [0.3, 0.4) is 0 Å². The lowest BCUT2D eigenvalue weighted by atomic mass is 10.2. The molecule has 0 unspecified atom stereocenters. The zero-order valence-corrected chi connectivity index (χ0v) is 14.3. The molecule has 1 aromatic rings. The van der Waals surface area contributed by atoms with Gasteiger partial charge in [-0.15, -0.1) is 0 Å². The lowest BCUT2D eigenvalue weighted by Crippen LogP contribution is -2.49. The number of benzene rings is 1. The molecule has 1 amide bonds. The number of piperazine rings is 1. The minimum Gasteiger partial charge on any atom is -0.340 e. The first-order chi connectivity index (χ1) is 10.3. The van der Waals surface area contributed by atoms with Crippen LogP contribution in [0.25, 0.3) is 0 Å². The smallest absolute Gasteiger partial charge is 0.219 e. The molecule has 122 valence electrons. The van der Waals surface area contributed by atoms with E-state index < -0.39 is 9.84 Å². The van der Waals surface area contributed by atoms with Crippen LogP contribution in [-0.2, 0) is 14.6 Å². The Balaban J connectivity index is 1.96. The third kappa shape index (κ3) is 4.08. The van der Waals surface area contributed by atoms with Gasteiger partial charge in [-0.25, -0.2) is 8.42 Å². The fourth-order valence-electron chi connectivity index (χ4n) is 2.69. The molecule has 0 saturated carbocycles. The van der Waals surface area contributed by atoms with Crippen molar-refractivity contribution < 1.29 is 13.2 Å². The van der Waals surface area contributed by atoms with Gasteiger partial charge in [-0.3, -0.25) is 9.69 Å². The van der Waals surface area contributed by atoms with E-state index in [-0.39, 0.29) is 11.7 Å². The standard InChI is InChI=1S/C16H24N2O3S/c1-13-4-5-14(2)16(12-13)22(20,21)11-10-17-6-8-18(9-7-17)15(3)19/h4-5,12H,6-11H2,1-3H3. The van der Waals surface area contributed by atoms with E-state index in [1.807, 2.05) is 26.0 Å². The summed E-state index contributed by atoms with van der Waals surface area (Å²) >= 11 is 0. The maximum absolute atomic E-state index is 12.5. The van der Waals surface area contributed by atoms with Gasteiger partial charge in [0.2, 0.25) is 5.91 Å². The van der Waals surface area contributed by atoms with Gasteiger partial charge in [-0.05, 0) is 31.0 Å². The Morgan fingerprint density at radius 3 is 2.36 bits per heavy atom. The summed E-state index contributed by atoms with van der Waals surface area (Å²) in [6.45, 7) is 8.65. The average molecular weight is 324 g/mol. The lowest BCUT2D eigenvalue weighted by molar-refractivity contribution is -0.130. The highest BCUT2D eigenvalue weighted by molar-refractivity contribution is 7.91. The van der Waals surface area contributed by atoms with Gasteiger partial charge in [0, 0.05) is 39.6 Å². The van der Waals surface area contributed by atoms with Crippen molar-refractivity contribution in [2.24, 2.45) is 0 Å². The van der Waals surface area contributed by atoms with Crippen LogP contribution < -0.4 is 0 Å². The maximum Gasteiger partial charge on any atom is 0.219 e. The Morgan fingerprint density at radius 1 is 1.14 bits per heavy atom. The highest BCUT2D eigenvalue weighted by Crippen LogP contribution is 2.18. The van der Waals surface area contributed by atoms with Crippen LogP contribution in [0.4, 0.5) is 0 Å². The molecule has 0 radical (unpaired) electrons. The monoisotopic (exact) mass is 324 g/mol. The first kappa shape index (κ1) is 17.0. The number of carbonyl (C=O) groups is 1. The third-order valence-electron chi connectivity index (χ3n) is 4.17. The highest BCUT2D eigenvalue weighted by atomic mass is 32.2. The molecule has 0 spiro atoms. The van der Waals surface area contributed by atoms with Crippen molar-refractivity contribution in [3.63, 3.8) is 0 Å². The van der Waals surface area contributed by atoms with Crippen molar-refractivity contribution in [3.8, 4) is 0 Å². The Kier molecular flexibility index (Phi) is 5.24. The molecule has 0 bridgehead atoms. The summed E-state index contributed by atoms with van der Waals surface area (Å²) < 4.78 is 25.1. The number of rotatable bonds is 4. The Hall–Kier alpha value is -1.40. The molecular formula is C16H24N2O3S. The maximum atomic E-state index is 12.5. The van der Waals surface area contributed by atoms with Crippen molar-refractivity contribution >= 4 is 15.7 Å². The van der Waals surface area contributed by atoms with Crippen molar-refractivity contribution in [2.75, 3.05) is 38.5 Å². The van der Waals surface area contributed by atoms with Crippen LogP contribution in [0.2, 0.25) is 0 Å². The van der Waals surface area contributed by atoms with Crippen molar-refractivity contribution in [3.05, 3.63) is 29.3 Å². The highest BCUT2D eigenvalue weighted by Gasteiger charge is 2.22. The van der Waals surface area contributed by atoms with Gasteiger partial charge in [-0.1, -0.05) is 12.1 Å². The van der Waals surface area contributed by atoms with E-state index in [9.17, 15) is 13.2 Å². The normalized spacial score (nSPS) is 16.8. The van der Waals surface area contributed by atoms with Gasteiger partial charge < -0.3 is 4.90 Å². The van der Waals surface area contributed by atoms with Crippen molar-refractivity contribution in [2.45, 2.75) is 25.7 Å². The topological polar surface area (TPSA) is 57.7 Å². The number of carbonyl (C=O) groups excluding carboxylic acids is 1. The summed E-state index contributed by atoms with van der Waals surface area (Å²) in [6, 6.07) is 5.53. The fraction of sp³-hybridized carbons (Fsp3) is 0.562. The summed E-state index contributed by atoms with van der Waals surface area (Å²) in [5.74, 6) is 0.208. The summed E-state index contributed by atoms with van der Waals surface area (Å²) in [5.41, 5.74) is 1.76. The zero-order valence-electron chi connectivity index (χ0n) is 13.5. The molecule has 2 rings (SSSR count). The molecule has 1 aliphatic heterocycles. The third-order valence-corrected chi connectivity index (χ3v) is 6.00. The van der Waals surface area contributed by atoms with E-state index >= 15 is 0 Å². The van der Waals surface area contributed by atoms with E-state index in [1.54, 1.807) is 17.9 Å². The molecule has 0 aliphatic carbocycles. The zero-order chi connectivity index (χ0) is 16.3. The van der Waals surface area contributed by atoms with E-state index in [1.165, 1.54) is 0 Å². The Bertz CT molecular complexity index is 647. The molecule has 0 N–H and O–H groups in total. The largest absolute Gasteiger partial charge is 0.340 e. The van der Waals surface area contributed by atoms with Gasteiger partial charge in [0.1, 0.15) is 0 Å². The number of sulfone groups is 1. The van der Waals surface area contributed by atoms with Crippen LogP contribution in [-0.4, -0.2) is 62.6 Å². The summed E-state index contributed by atoms with van der Waals surface area (Å²) in [6.07, 6.45) is 0. The van der Waals surface area contributed by atoms with Crippen molar-refractivity contribution in [1.29, 1.82) is 0 Å². The van der Waals surface area contributed by atoms with E-state index in [0.717, 1.165) is 24.2 Å². The number of aryl methyl sites for hydroxylation is 2. The molecule has 22 heavy (non-hydrogen) atoms. The number of amides is 1. The second kappa shape index (κ2) is 6.79. The van der Waals surface area contributed by atoms with Crippen LogP contribution in [0.5, 0.6) is 0 Å². The predicted octanol–water partition coefficient (Wildman–Crippen LogP) is 1.24. The number of hydrogen-bond donors (Lipinski definition) is 0. The fourth-order valence-corrected chi connectivity index (χ4v) is 4.33. The molecule has 5 nitrogen and oxygen atoms in total. The second-order valence-corrected chi connectivity index (χ2v) is 8.01. The molecule has 0 atom stereocenters. The molecule has 1 fully saturated rings. The molecular weight excluding hydrogens is 300 g/mol. The van der Waals surface area contributed by atoms with Gasteiger partial charge >= 0.3 is 0 Å².